The maximum absolute atomic E-state index is 10.3. The van der Waals surface area contributed by atoms with Crippen LogP contribution in [0.25, 0.3) is 0 Å². The van der Waals surface area contributed by atoms with E-state index in [9.17, 15) is 4.79 Å². The van der Waals surface area contributed by atoms with Crippen molar-refractivity contribution in [2.75, 3.05) is 0 Å². The van der Waals surface area contributed by atoms with Crippen LogP contribution in [0.4, 0.5) is 0 Å². The highest BCUT2D eigenvalue weighted by Gasteiger charge is 2.11. The third kappa shape index (κ3) is 3.92. The molecule has 1 nitrogen and oxygen atoms in total. The molecule has 0 heterocycles. The Labute approximate surface area is 114 Å². The number of aldehydes is 1. The lowest BCUT2D eigenvalue weighted by molar-refractivity contribution is -0.107. The average Bonchev–Trinajstić information content (AvgIpc) is 2.49. The van der Waals surface area contributed by atoms with Gasteiger partial charge in [0.2, 0.25) is 0 Å². The molecule has 0 atom stereocenters. The van der Waals surface area contributed by atoms with Gasteiger partial charge >= 0.3 is 0 Å². The van der Waals surface area contributed by atoms with E-state index in [1.807, 2.05) is 18.2 Å². The molecule has 0 aliphatic rings. The minimum absolute atomic E-state index is 0.352. The molecule has 0 N–H and O–H groups in total. The highest BCUT2D eigenvalue weighted by molar-refractivity contribution is 5.51. The number of carbonyl (C=O) groups excluding carboxylic acids is 1. The number of carbonyl (C=O) groups is 1. The van der Waals surface area contributed by atoms with Gasteiger partial charge in [0.05, 0.1) is 0 Å². The Bertz CT molecular complexity index is 474. The number of allylic oxidation sites excluding steroid dienone is 2. The Morgan fingerprint density at radius 2 is 1.32 bits per heavy atom. The van der Waals surface area contributed by atoms with Crippen LogP contribution < -0.4 is 0 Å². The lowest BCUT2D eigenvalue weighted by Gasteiger charge is -2.16. The van der Waals surface area contributed by atoms with Crippen molar-refractivity contribution >= 4 is 6.29 Å². The van der Waals surface area contributed by atoms with Crippen LogP contribution in [-0.4, -0.2) is 6.29 Å². The SMILES string of the molecule is O=CC/C=C/CC(c1ccccc1)c1ccccc1. The number of rotatable bonds is 6. The predicted octanol–water partition coefficient (Wildman–Crippen LogP) is 4.35. The van der Waals surface area contributed by atoms with Crippen molar-refractivity contribution < 1.29 is 4.79 Å². The quantitative estimate of drug-likeness (QED) is 0.550. The predicted molar refractivity (Wildman–Crippen MR) is 79.2 cm³/mol. The van der Waals surface area contributed by atoms with Gasteiger partial charge in [0.15, 0.2) is 0 Å². The van der Waals surface area contributed by atoms with Crippen LogP contribution in [0.5, 0.6) is 0 Å². The summed E-state index contributed by atoms with van der Waals surface area (Å²) in [5.74, 6) is 0.352. The van der Waals surface area contributed by atoms with Gasteiger partial charge in [-0.3, -0.25) is 0 Å². The van der Waals surface area contributed by atoms with Crippen molar-refractivity contribution in [3.63, 3.8) is 0 Å². The molecular formula is C18H18O. The van der Waals surface area contributed by atoms with E-state index in [1.165, 1.54) is 11.1 Å². The van der Waals surface area contributed by atoms with E-state index in [0.717, 1.165) is 12.7 Å². The number of benzene rings is 2. The Kier molecular flexibility index (Phi) is 5.12. The fraction of sp³-hybridized carbons (Fsp3) is 0.167. The largest absolute Gasteiger partial charge is 0.303 e. The summed E-state index contributed by atoms with van der Waals surface area (Å²) < 4.78 is 0. The summed E-state index contributed by atoms with van der Waals surface area (Å²) in [5.41, 5.74) is 2.62. The summed E-state index contributed by atoms with van der Waals surface area (Å²) in [7, 11) is 0. The van der Waals surface area contributed by atoms with Gasteiger partial charge in [-0.2, -0.15) is 0 Å². The molecular weight excluding hydrogens is 232 g/mol. The first-order chi connectivity index (χ1) is 9.42. The molecule has 0 saturated heterocycles. The lowest BCUT2D eigenvalue weighted by Crippen LogP contribution is -1.99. The summed E-state index contributed by atoms with van der Waals surface area (Å²) in [6, 6.07) is 21.0. The second-order valence-corrected chi connectivity index (χ2v) is 4.48. The van der Waals surface area contributed by atoms with Gasteiger partial charge in [-0.15, -0.1) is 0 Å². The second-order valence-electron chi connectivity index (χ2n) is 4.48. The summed E-state index contributed by atoms with van der Waals surface area (Å²) in [6.45, 7) is 0. The zero-order chi connectivity index (χ0) is 13.3. The van der Waals surface area contributed by atoms with Crippen LogP contribution in [0.3, 0.4) is 0 Å². The monoisotopic (exact) mass is 250 g/mol. The fourth-order valence-electron chi connectivity index (χ4n) is 2.22. The van der Waals surface area contributed by atoms with Gasteiger partial charge in [-0.25, -0.2) is 0 Å². The molecule has 0 bridgehead atoms. The van der Waals surface area contributed by atoms with Crippen molar-refractivity contribution in [2.45, 2.75) is 18.8 Å². The zero-order valence-corrected chi connectivity index (χ0v) is 10.9. The summed E-state index contributed by atoms with van der Waals surface area (Å²) in [5, 5.41) is 0. The van der Waals surface area contributed by atoms with E-state index >= 15 is 0 Å². The first-order valence-electron chi connectivity index (χ1n) is 6.60. The topological polar surface area (TPSA) is 17.1 Å². The molecule has 0 spiro atoms. The molecule has 0 unspecified atom stereocenters. The number of hydrogen-bond donors (Lipinski definition) is 0. The minimum Gasteiger partial charge on any atom is -0.303 e. The molecule has 0 aliphatic carbocycles. The van der Waals surface area contributed by atoms with Crippen molar-refractivity contribution in [2.24, 2.45) is 0 Å². The van der Waals surface area contributed by atoms with Crippen molar-refractivity contribution in [3.05, 3.63) is 83.9 Å². The summed E-state index contributed by atoms with van der Waals surface area (Å²) in [4.78, 5) is 10.3. The van der Waals surface area contributed by atoms with Gasteiger partial charge < -0.3 is 4.79 Å². The maximum atomic E-state index is 10.3. The maximum Gasteiger partial charge on any atom is 0.123 e. The van der Waals surface area contributed by atoms with Gasteiger partial charge in [0, 0.05) is 12.3 Å². The van der Waals surface area contributed by atoms with Crippen molar-refractivity contribution in [1.82, 2.24) is 0 Å². The first kappa shape index (κ1) is 13.3. The molecule has 2 aromatic carbocycles. The van der Waals surface area contributed by atoms with E-state index in [-0.39, 0.29) is 0 Å². The smallest absolute Gasteiger partial charge is 0.123 e. The minimum atomic E-state index is 0.352. The molecule has 2 aromatic rings. The molecule has 0 radical (unpaired) electrons. The summed E-state index contributed by atoms with van der Waals surface area (Å²) >= 11 is 0. The molecule has 96 valence electrons. The summed E-state index contributed by atoms with van der Waals surface area (Å²) in [6.07, 6.45) is 6.37. The molecule has 0 aromatic heterocycles. The Balaban J connectivity index is 2.21. The van der Waals surface area contributed by atoms with Crippen LogP contribution in [0.15, 0.2) is 72.8 Å². The fourth-order valence-corrected chi connectivity index (χ4v) is 2.22. The standard InChI is InChI=1S/C18H18O/c19-15-9-3-8-14-18(16-10-4-1-5-11-16)17-12-6-2-7-13-17/h1-8,10-13,15,18H,9,14H2/b8-3+. The van der Waals surface area contributed by atoms with Gasteiger partial charge in [-0.1, -0.05) is 72.8 Å². The second kappa shape index (κ2) is 7.32. The average molecular weight is 250 g/mol. The molecule has 0 amide bonds. The molecule has 2 rings (SSSR count). The van der Waals surface area contributed by atoms with E-state index in [4.69, 9.17) is 0 Å². The highest BCUT2D eigenvalue weighted by atomic mass is 16.1. The molecule has 0 aliphatic heterocycles. The first-order valence-corrected chi connectivity index (χ1v) is 6.60. The van der Waals surface area contributed by atoms with Crippen LogP contribution in [0.1, 0.15) is 29.9 Å². The lowest BCUT2D eigenvalue weighted by atomic mass is 9.88. The van der Waals surface area contributed by atoms with Crippen LogP contribution in [-0.2, 0) is 4.79 Å². The third-order valence-electron chi connectivity index (χ3n) is 3.17. The van der Waals surface area contributed by atoms with Crippen molar-refractivity contribution in [3.8, 4) is 0 Å². The highest BCUT2D eigenvalue weighted by Crippen LogP contribution is 2.28. The third-order valence-corrected chi connectivity index (χ3v) is 3.17. The van der Waals surface area contributed by atoms with Gasteiger partial charge in [0.1, 0.15) is 6.29 Å². The Morgan fingerprint density at radius 3 is 1.79 bits per heavy atom. The van der Waals surface area contributed by atoms with Gasteiger partial charge in [0.25, 0.3) is 0 Å². The number of hydrogen-bond acceptors (Lipinski definition) is 1. The van der Waals surface area contributed by atoms with E-state index < -0.39 is 0 Å². The molecule has 19 heavy (non-hydrogen) atoms. The molecule has 0 fully saturated rings. The zero-order valence-electron chi connectivity index (χ0n) is 10.9. The molecule has 0 saturated carbocycles. The normalized spacial score (nSPS) is 11.0. The van der Waals surface area contributed by atoms with E-state index in [1.54, 1.807) is 0 Å². The molecule has 1 heteroatoms. The van der Waals surface area contributed by atoms with Gasteiger partial charge in [-0.05, 0) is 17.5 Å². The van der Waals surface area contributed by atoms with E-state index in [0.29, 0.717) is 12.3 Å². The Hall–Kier alpha value is -2.15. The van der Waals surface area contributed by atoms with Crippen LogP contribution >= 0.6 is 0 Å². The van der Waals surface area contributed by atoms with Crippen molar-refractivity contribution in [1.29, 1.82) is 0 Å². The Morgan fingerprint density at radius 1 is 0.789 bits per heavy atom. The van der Waals surface area contributed by atoms with Crippen LogP contribution in [0.2, 0.25) is 0 Å². The van der Waals surface area contributed by atoms with E-state index in [2.05, 4.69) is 54.6 Å². The van der Waals surface area contributed by atoms with Crippen LogP contribution in [0, 0.1) is 0 Å².